The molecule has 0 aromatic carbocycles. The molecule has 0 fully saturated rings. The van der Waals surface area contributed by atoms with Crippen LogP contribution in [0.2, 0.25) is 0 Å². The lowest BCUT2D eigenvalue weighted by molar-refractivity contribution is -0.118. The molecule has 0 spiro atoms. The van der Waals surface area contributed by atoms with E-state index in [1.807, 2.05) is 0 Å². The largest absolute Gasteiger partial charge is 0.394 e. The fourth-order valence-corrected chi connectivity index (χ4v) is 1.43. The Morgan fingerprint density at radius 2 is 1.69 bits per heavy atom. The number of hydrogen-bond acceptors (Lipinski definition) is 3. The van der Waals surface area contributed by atoms with E-state index in [2.05, 4.69) is 13.5 Å². The van der Waals surface area contributed by atoms with E-state index in [4.69, 9.17) is 14.6 Å². The quantitative estimate of drug-likeness (QED) is 0.318. The zero-order valence-electron chi connectivity index (χ0n) is 10.5. The Balaban J connectivity index is 3.24. The van der Waals surface area contributed by atoms with Gasteiger partial charge in [0.2, 0.25) is 0 Å². The predicted octanol–water partition coefficient (Wildman–Crippen LogP) is 2.88. The van der Waals surface area contributed by atoms with Crippen molar-refractivity contribution in [2.24, 2.45) is 0 Å². The van der Waals surface area contributed by atoms with Gasteiger partial charge in [-0.3, -0.25) is 0 Å². The molecular weight excluding hydrogens is 204 g/mol. The molecule has 96 valence electrons. The summed E-state index contributed by atoms with van der Waals surface area (Å²) in [5.74, 6) is 0. The van der Waals surface area contributed by atoms with Crippen molar-refractivity contribution < 1.29 is 14.6 Å². The van der Waals surface area contributed by atoms with Gasteiger partial charge in [0.05, 0.1) is 19.8 Å². The van der Waals surface area contributed by atoms with Gasteiger partial charge in [-0.2, -0.15) is 0 Å². The van der Waals surface area contributed by atoms with Gasteiger partial charge in [0, 0.05) is 0 Å². The molecule has 0 bridgehead atoms. The summed E-state index contributed by atoms with van der Waals surface area (Å²) in [5.41, 5.74) is 0. The third-order valence-corrected chi connectivity index (χ3v) is 2.35. The van der Waals surface area contributed by atoms with Crippen LogP contribution >= 0.6 is 0 Å². The van der Waals surface area contributed by atoms with E-state index >= 15 is 0 Å². The molecule has 0 saturated heterocycles. The van der Waals surface area contributed by atoms with Crippen LogP contribution in [0.15, 0.2) is 12.7 Å². The lowest BCUT2D eigenvalue weighted by Gasteiger charge is -2.13. The van der Waals surface area contributed by atoms with Gasteiger partial charge in [0.1, 0.15) is 0 Å². The molecule has 0 aliphatic rings. The van der Waals surface area contributed by atoms with Crippen molar-refractivity contribution in [3.05, 3.63) is 12.7 Å². The van der Waals surface area contributed by atoms with Gasteiger partial charge in [-0.15, -0.1) is 0 Å². The summed E-state index contributed by atoms with van der Waals surface area (Å²) >= 11 is 0. The predicted molar refractivity (Wildman–Crippen MR) is 66.4 cm³/mol. The van der Waals surface area contributed by atoms with Crippen LogP contribution in [0.5, 0.6) is 0 Å². The summed E-state index contributed by atoms with van der Waals surface area (Å²) in [5, 5.41) is 8.59. The zero-order valence-corrected chi connectivity index (χ0v) is 10.5. The highest BCUT2D eigenvalue weighted by Gasteiger charge is 2.02. The zero-order chi connectivity index (χ0) is 12.1. The van der Waals surface area contributed by atoms with Crippen LogP contribution in [0.3, 0.4) is 0 Å². The minimum Gasteiger partial charge on any atom is -0.394 e. The number of ether oxygens (including phenoxy) is 2. The van der Waals surface area contributed by atoms with Crippen LogP contribution < -0.4 is 0 Å². The lowest BCUT2D eigenvalue weighted by atomic mass is 10.1. The second kappa shape index (κ2) is 12.7. The number of aliphatic hydroxyl groups excluding tert-OH is 1. The fourth-order valence-electron chi connectivity index (χ4n) is 1.43. The van der Waals surface area contributed by atoms with E-state index < -0.39 is 0 Å². The van der Waals surface area contributed by atoms with Gasteiger partial charge >= 0.3 is 0 Å². The first-order valence-electron chi connectivity index (χ1n) is 6.31. The maximum absolute atomic E-state index is 8.59. The van der Waals surface area contributed by atoms with E-state index in [0.29, 0.717) is 13.2 Å². The molecule has 0 radical (unpaired) electrons. The van der Waals surface area contributed by atoms with Crippen LogP contribution in [0.1, 0.15) is 45.4 Å². The van der Waals surface area contributed by atoms with Crippen molar-refractivity contribution in [1.82, 2.24) is 0 Å². The van der Waals surface area contributed by atoms with Crippen LogP contribution in [0.25, 0.3) is 0 Å². The molecule has 1 atom stereocenters. The minimum absolute atomic E-state index is 0.0186. The van der Waals surface area contributed by atoms with Crippen molar-refractivity contribution >= 4 is 0 Å². The average Bonchev–Trinajstić information content (AvgIpc) is 2.32. The third kappa shape index (κ3) is 10.1. The van der Waals surface area contributed by atoms with Crippen LogP contribution in [-0.4, -0.2) is 31.2 Å². The maximum Gasteiger partial charge on any atom is 0.176 e. The highest BCUT2D eigenvalue weighted by Crippen LogP contribution is 2.06. The second-order valence-corrected chi connectivity index (χ2v) is 3.84. The first-order chi connectivity index (χ1) is 7.85. The summed E-state index contributed by atoms with van der Waals surface area (Å²) in [4.78, 5) is 0. The van der Waals surface area contributed by atoms with E-state index in [9.17, 15) is 0 Å². The van der Waals surface area contributed by atoms with Crippen LogP contribution in [0, 0.1) is 0 Å². The number of hydrogen-bond donors (Lipinski definition) is 1. The van der Waals surface area contributed by atoms with Gasteiger partial charge in [0.25, 0.3) is 0 Å². The summed E-state index contributed by atoms with van der Waals surface area (Å²) in [6, 6.07) is 0. The van der Waals surface area contributed by atoms with Gasteiger partial charge < -0.3 is 14.6 Å². The second-order valence-electron chi connectivity index (χ2n) is 3.84. The molecule has 0 aromatic rings. The fraction of sp³-hybridized carbons (Fsp3) is 0.846. The minimum atomic E-state index is -0.372. The van der Waals surface area contributed by atoms with Crippen LogP contribution in [-0.2, 0) is 9.47 Å². The molecule has 0 aromatic heterocycles. The molecule has 1 unspecified atom stereocenters. The van der Waals surface area contributed by atoms with Crippen molar-refractivity contribution in [2.75, 3.05) is 19.8 Å². The van der Waals surface area contributed by atoms with Crippen LogP contribution in [0.4, 0.5) is 0 Å². The maximum atomic E-state index is 8.59. The molecular formula is C13H26O3. The smallest absolute Gasteiger partial charge is 0.176 e. The Labute approximate surface area is 99.5 Å². The molecule has 3 heteroatoms. The number of unbranched alkanes of at least 4 members (excludes halogenated alkanes) is 5. The third-order valence-electron chi connectivity index (χ3n) is 2.35. The first-order valence-corrected chi connectivity index (χ1v) is 6.31. The Hall–Kier alpha value is -0.380. The first kappa shape index (κ1) is 15.6. The molecule has 0 heterocycles. The van der Waals surface area contributed by atoms with Gasteiger partial charge in [0.15, 0.2) is 6.29 Å². The average molecular weight is 230 g/mol. The highest BCUT2D eigenvalue weighted by molar-refractivity contribution is 4.71. The van der Waals surface area contributed by atoms with E-state index in [-0.39, 0.29) is 12.9 Å². The van der Waals surface area contributed by atoms with E-state index in [0.717, 1.165) is 6.42 Å². The van der Waals surface area contributed by atoms with E-state index in [1.165, 1.54) is 32.1 Å². The summed E-state index contributed by atoms with van der Waals surface area (Å²) in [6.07, 6.45) is 8.74. The molecule has 0 amide bonds. The molecule has 0 aliphatic heterocycles. The normalized spacial score (nSPS) is 12.6. The summed E-state index contributed by atoms with van der Waals surface area (Å²) in [6.45, 7) is 6.86. The number of aliphatic hydroxyl groups is 1. The summed E-state index contributed by atoms with van der Waals surface area (Å²) in [7, 11) is 0. The van der Waals surface area contributed by atoms with Crippen molar-refractivity contribution in [3.63, 3.8) is 0 Å². The molecule has 0 aliphatic carbocycles. The highest BCUT2D eigenvalue weighted by atomic mass is 16.7. The topological polar surface area (TPSA) is 38.7 Å². The molecule has 1 N–H and O–H groups in total. The van der Waals surface area contributed by atoms with Crippen molar-refractivity contribution in [3.8, 4) is 0 Å². The summed E-state index contributed by atoms with van der Waals surface area (Å²) < 4.78 is 10.6. The Kier molecular flexibility index (Phi) is 12.4. The lowest BCUT2D eigenvalue weighted by Crippen LogP contribution is -2.17. The number of rotatable bonds is 12. The van der Waals surface area contributed by atoms with Gasteiger partial charge in [-0.05, 0) is 12.5 Å². The SMILES string of the molecule is C=CC(OCCO)OCCCCCCCC. The standard InChI is InChI=1S/C13H26O3/c1-3-5-6-7-8-9-11-15-13(4-2)16-12-10-14/h4,13-14H,2-3,5-12H2,1H3. The van der Waals surface area contributed by atoms with Gasteiger partial charge in [-0.25, -0.2) is 0 Å². The molecule has 0 saturated carbocycles. The van der Waals surface area contributed by atoms with Gasteiger partial charge in [-0.1, -0.05) is 45.6 Å². The molecule has 3 nitrogen and oxygen atoms in total. The monoisotopic (exact) mass is 230 g/mol. The Bertz CT molecular complexity index is 148. The molecule has 0 rings (SSSR count). The Morgan fingerprint density at radius 3 is 2.31 bits per heavy atom. The van der Waals surface area contributed by atoms with Crippen molar-refractivity contribution in [1.29, 1.82) is 0 Å². The van der Waals surface area contributed by atoms with E-state index in [1.54, 1.807) is 6.08 Å². The molecule has 16 heavy (non-hydrogen) atoms. The Morgan fingerprint density at radius 1 is 1.06 bits per heavy atom. The van der Waals surface area contributed by atoms with Crippen molar-refractivity contribution in [2.45, 2.75) is 51.7 Å².